The molecule has 92 valence electrons. The van der Waals surface area contributed by atoms with Crippen molar-refractivity contribution < 1.29 is 9.90 Å². The van der Waals surface area contributed by atoms with Crippen LogP contribution in [0.5, 0.6) is 0 Å². The monoisotopic (exact) mass is 251 g/mol. The summed E-state index contributed by atoms with van der Waals surface area (Å²) >= 11 is 1.41. The normalized spacial score (nSPS) is 10.6. The van der Waals surface area contributed by atoms with Crippen LogP contribution in [0.2, 0.25) is 0 Å². The van der Waals surface area contributed by atoms with E-state index in [4.69, 9.17) is 5.11 Å². The summed E-state index contributed by atoms with van der Waals surface area (Å²) in [5.41, 5.74) is 0.701. The van der Waals surface area contributed by atoms with Crippen molar-refractivity contribution in [2.45, 2.75) is 20.8 Å². The topological polar surface area (TPSA) is 49.3 Å². The second-order valence-electron chi connectivity index (χ2n) is 4.90. The average molecular weight is 251 g/mol. The number of aliphatic hydroxyl groups is 1. The third-order valence-electron chi connectivity index (χ3n) is 1.93. The van der Waals surface area contributed by atoms with Crippen LogP contribution in [0.1, 0.15) is 36.0 Å². The Morgan fingerprint density at radius 2 is 2.24 bits per heavy atom. The first-order valence-electron chi connectivity index (χ1n) is 5.39. The van der Waals surface area contributed by atoms with Gasteiger partial charge in [-0.15, -0.1) is 11.3 Å². The van der Waals surface area contributed by atoms with Gasteiger partial charge in [0.25, 0.3) is 5.91 Å². The highest BCUT2D eigenvalue weighted by Gasteiger charge is 2.13. The van der Waals surface area contributed by atoms with Crippen LogP contribution in [0.3, 0.4) is 0 Å². The highest BCUT2D eigenvalue weighted by molar-refractivity contribution is 7.10. The molecule has 0 saturated carbocycles. The predicted molar refractivity (Wildman–Crippen MR) is 70.1 cm³/mol. The van der Waals surface area contributed by atoms with Gasteiger partial charge in [-0.2, -0.15) is 0 Å². The second-order valence-corrected chi connectivity index (χ2v) is 5.81. The van der Waals surface area contributed by atoms with Gasteiger partial charge in [0.2, 0.25) is 0 Å². The molecule has 0 aliphatic rings. The molecule has 0 aromatic carbocycles. The van der Waals surface area contributed by atoms with Crippen molar-refractivity contribution in [1.29, 1.82) is 0 Å². The van der Waals surface area contributed by atoms with E-state index in [-0.39, 0.29) is 17.9 Å². The van der Waals surface area contributed by atoms with Crippen molar-refractivity contribution in [2.75, 3.05) is 13.2 Å². The van der Waals surface area contributed by atoms with Crippen LogP contribution < -0.4 is 5.32 Å². The highest BCUT2D eigenvalue weighted by atomic mass is 32.1. The van der Waals surface area contributed by atoms with Gasteiger partial charge < -0.3 is 10.4 Å². The molecule has 0 aliphatic heterocycles. The predicted octanol–water partition coefficient (Wildman–Crippen LogP) is 1.87. The molecule has 2 N–H and O–H groups in total. The Labute approximate surface area is 106 Å². The summed E-state index contributed by atoms with van der Waals surface area (Å²) in [6.45, 7) is 6.68. The smallest absolute Gasteiger partial charge is 0.252 e. The van der Waals surface area contributed by atoms with Crippen LogP contribution in [0.4, 0.5) is 0 Å². The van der Waals surface area contributed by atoms with Crippen LogP contribution in [-0.2, 0) is 0 Å². The van der Waals surface area contributed by atoms with Crippen molar-refractivity contribution in [3.8, 4) is 11.8 Å². The maximum absolute atomic E-state index is 11.8. The van der Waals surface area contributed by atoms with E-state index in [9.17, 15) is 4.79 Å². The van der Waals surface area contributed by atoms with Gasteiger partial charge in [0.05, 0.1) is 10.4 Å². The van der Waals surface area contributed by atoms with E-state index < -0.39 is 0 Å². The Balaban J connectivity index is 2.61. The van der Waals surface area contributed by atoms with Crippen LogP contribution in [0.25, 0.3) is 0 Å². The van der Waals surface area contributed by atoms with Crippen molar-refractivity contribution in [2.24, 2.45) is 5.41 Å². The average Bonchev–Trinajstić information content (AvgIpc) is 2.70. The molecule has 17 heavy (non-hydrogen) atoms. The van der Waals surface area contributed by atoms with E-state index in [1.165, 1.54) is 11.3 Å². The highest BCUT2D eigenvalue weighted by Crippen LogP contribution is 2.15. The minimum absolute atomic E-state index is 0.0746. The third kappa shape index (κ3) is 5.03. The first kappa shape index (κ1) is 13.8. The summed E-state index contributed by atoms with van der Waals surface area (Å²) in [7, 11) is 0. The lowest BCUT2D eigenvalue weighted by Gasteiger charge is -2.18. The van der Waals surface area contributed by atoms with E-state index in [1.54, 1.807) is 11.4 Å². The number of hydrogen-bond acceptors (Lipinski definition) is 3. The SMILES string of the molecule is CC(C)(C)CNC(=O)c1csc(C#CCO)c1. The van der Waals surface area contributed by atoms with Crippen molar-refractivity contribution in [3.63, 3.8) is 0 Å². The molecule has 4 heteroatoms. The molecule has 0 saturated heterocycles. The standard InChI is InChI=1S/C13H17NO2S/c1-13(2,3)9-14-12(16)10-7-11(17-8-10)5-4-6-15/h7-8,15H,6,9H2,1-3H3,(H,14,16). The fraction of sp³-hybridized carbons (Fsp3) is 0.462. The molecular formula is C13H17NO2S. The van der Waals surface area contributed by atoms with Crippen LogP contribution >= 0.6 is 11.3 Å². The summed E-state index contributed by atoms with van der Waals surface area (Å²) in [5.74, 6) is 5.26. The Morgan fingerprint density at radius 3 is 2.82 bits per heavy atom. The Kier molecular flexibility index (Phi) is 4.73. The van der Waals surface area contributed by atoms with Gasteiger partial charge in [-0.3, -0.25) is 4.79 Å². The summed E-state index contributed by atoms with van der Waals surface area (Å²) < 4.78 is 0. The van der Waals surface area contributed by atoms with Gasteiger partial charge in [-0.25, -0.2) is 0 Å². The lowest BCUT2D eigenvalue weighted by Crippen LogP contribution is -2.31. The molecule has 1 heterocycles. The lowest BCUT2D eigenvalue weighted by molar-refractivity contribution is 0.0940. The summed E-state index contributed by atoms with van der Waals surface area (Å²) in [4.78, 5) is 12.6. The van der Waals surface area contributed by atoms with Crippen molar-refractivity contribution in [1.82, 2.24) is 5.32 Å². The lowest BCUT2D eigenvalue weighted by atomic mass is 9.97. The number of carbonyl (C=O) groups is 1. The molecule has 0 spiro atoms. The minimum Gasteiger partial charge on any atom is -0.384 e. The molecule has 0 radical (unpaired) electrons. The molecule has 0 fully saturated rings. The van der Waals surface area contributed by atoms with Crippen LogP contribution in [-0.4, -0.2) is 24.2 Å². The Morgan fingerprint density at radius 1 is 1.53 bits per heavy atom. The number of thiophene rings is 1. The van der Waals surface area contributed by atoms with Crippen LogP contribution in [0, 0.1) is 17.3 Å². The maximum Gasteiger partial charge on any atom is 0.252 e. The molecule has 0 aliphatic carbocycles. The number of carbonyl (C=O) groups excluding carboxylic acids is 1. The van der Waals surface area contributed by atoms with Gasteiger partial charge in [0.15, 0.2) is 0 Å². The fourth-order valence-corrected chi connectivity index (χ4v) is 1.85. The van der Waals surface area contributed by atoms with Gasteiger partial charge in [0.1, 0.15) is 6.61 Å². The van der Waals surface area contributed by atoms with Crippen molar-refractivity contribution in [3.05, 3.63) is 21.9 Å². The molecular weight excluding hydrogens is 234 g/mol. The van der Waals surface area contributed by atoms with E-state index in [2.05, 4.69) is 37.9 Å². The van der Waals surface area contributed by atoms with E-state index in [0.717, 1.165) is 4.88 Å². The zero-order valence-corrected chi connectivity index (χ0v) is 11.1. The zero-order chi connectivity index (χ0) is 12.9. The van der Waals surface area contributed by atoms with Gasteiger partial charge in [-0.1, -0.05) is 32.6 Å². The second kappa shape index (κ2) is 5.85. The van der Waals surface area contributed by atoms with Crippen molar-refractivity contribution >= 4 is 17.2 Å². The maximum atomic E-state index is 11.8. The van der Waals surface area contributed by atoms with Gasteiger partial charge >= 0.3 is 0 Å². The number of aliphatic hydroxyl groups excluding tert-OH is 1. The largest absolute Gasteiger partial charge is 0.384 e. The quantitative estimate of drug-likeness (QED) is 0.788. The summed E-state index contributed by atoms with van der Waals surface area (Å²) in [6, 6.07) is 1.74. The van der Waals surface area contributed by atoms with E-state index >= 15 is 0 Å². The van der Waals surface area contributed by atoms with Crippen LogP contribution in [0.15, 0.2) is 11.4 Å². The molecule has 1 aromatic heterocycles. The van der Waals surface area contributed by atoms with Gasteiger partial charge in [-0.05, 0) is 11.5 Å². The third-order valence-corrected chi connectivity index (χ3v) is 2.78. The zero-order valence-electron chi connectivity index (χ0n) is 10.3. The number of nitrogens with one attached hydrogen (secondary N) is 1. The minimum atomic E-state index is -0.163. The number of hydrogen-bond donors (Lipinski definition) is 2. The van der Waals surface area contributed by atoms with E-state index in [0.29, 0.717) is 12.1 Å². The number of amides is 1. The molecule has 1 amide bonds. The molecule has 3 nitrogen and oxygen atoms in total. The van der Waals surface area contributed by atoms with E-state index in [1.807, 2.05) is 0 Å². The molecule has 0 bridgehead atoms. The molecule has 0 atom stereocenters. The summed E-state index contributed by atoms with van der Waals surface area (Å²) in [6.07, 6.45) is 0. The molecule has 1 rings (SSSR count). The molecule has 1 aromatic rings. The first-order valence-corrected chi connectivity index (χ1v) is 6.27. The summed E-state index contributed by atoms with van der Waals surface area (Å²) in [5, 5.41) is 13.2. The van der Waals surface area contributed by atoms with Gasteiger partial charge in [0, 0.05) is 11.9 Å². The fourth-order valence-electron chi connectivity index (χ4n) is 1.10. The first-order chi connectivity index (χ1) is 7.92. The molecule has 0 unspecified atom stereocenters. The Bertz CT molecular complexity index is 446. The number of rotatable bonds is 2. The Hall–Kier alpha value is -1.31.